The lowest BCUT2D eigenvalue weighted by Crippen LogP contribution is -2.36. The van der Waals surface area contributed by atoms with E-state index in [1.807, 2.05) is 44.1 Å². The molecule has 0 fully saturated rings. The molecular weight excluding hydrogens is 236 g/mol. The van der Waals surface area contributed by atoms with Gasteiger partial charge in [0.2, 0.25) is 0 Å². The summed E-state index contributed by atoms with van der Waals surface area (Å²) in [5.74, 6) is 0.700. The molecule has 1 rings (SSSR count). The fraction of sp³-hybridized carbons (Fsp3) is 0.562. The molecule has 1 aromatic carbocycles. The molecule has 1 N–H and O–H groups in total. The summed E-state index contributed by atoms with van der Waals surface area (Å²) in [4.78, 5) is 14.3. The van der Waals surface area contributed by atoms with E-state index in [2.05, 4.69) is 26.1 Å². The molecule has 0 bridgehead atoms. The Kier molecular flexibility index (Phi) is 5.40. The topological polar surface area (TPSA) is 32.3 Å². The van der Waals surface area contributed by atoms with Crippen molar-refractivity contribution in [3.8, 4) is 0 Å². The quantitative estimate of drug-likeness (QED) is 0.880. The van der Waals surface area contributed by atoms with Crippen molar-refractivity contribution in [1.82, 2.24) is 4.90 Å². The number of aryl methyl sites for hydroxylation is 1. The SMILES string of the molecule is CNc1ccc(C(=O)N(C)C(C)CC(C)C)c(C)c1. The first-order chi connectivity index (χ1) is 8.86. The normalized spacial score (nSPS) is 12.4. The fourth-order valence-corrected chi connectivity index (χ4v) is 2.29. The summed E-state index contributed by atoms with van der Waals surface area (Å²) in [7, 11) is 3.77. The highest BCUT2D eigenvalue weighted by Gasteiger charge is 2.19. The number of carbonyl (C=O) groups excluding carboxylic acids is 1. The minimum absolute atomic E-state index is 0.105. The van der Waals surface area contributed by atoms with Crippen molar-refractivity contribution in [2.75, 3.05) is 19.4 Å². The minimum Gasteiger partial charge on any atom is -0.388 e. The summed E-state index contributed by atoms with van der Waals surface area (Å²) in [6.45, 7) is 8.45. The highest BCUT2D eigenvalue weighted by Crippen LogP contribution is 2.18. The second-order valence-corrected chi connectivity index (χ2v) is 5.67. The van der Waals surface area contributed by atoms with E-state index in [1.54, 1.807) is 0 Å². The van der Waals surface area contributed by atoms with Gasteiger partial charge in [-0.3, -0.25) is 4.79 Å². The van der Waals surface area contributed by atoms with Crippen molar-refractivity contribution < 1.29 is 4.79 Å². The Morgan fingerprint density at radius 3 is 2.42 bits per heavy atom. The third kappa shape index (κ3) is 3.98. The molecule has 106 valence electrons. The predicted octanol–water partition coefficient (Wildman–Crippen LogP) is 3.54. The van der Waals surface area contributed by atoms with E-state index in [4.69, 9.17) is 0 Å². The van der Waals surface area contributed by atoms with Gasteiger partial charge in [0.05, 0.1) is 0 Å². The van der Waals surface area contributed by atoms with Crippen LogP contribution in [0.1, 0.15) is 43.1 Å². The molecule has 3 nitrogen and oxygen atoms in total. The van der Waals surface area contributed by atoms with Crippen LogP contribution in [0.2, 0.25) is 0 Å². The maximum Gasteiger partial charge on any atom is 0.254 e. The summed E-state index contributed by atoms with van der Waals surface area (Å²) in [5, 5.41) is 3.09. The molecule has 1 unspecified atom stereocenters. The molecule has 0 saturated carbocycles. The fourth-order valence-electron chi connectivity index (χ4n) is 2.29. The molecule has 3 heteroatoms. The summed E-state index contributed by atoms with van der Waals surface area (Å²) < 4.78 is 0. The zero-order valence-corrected chi connectivity index (χ0v) is 12.9. The second-order valence-electron chi connectivity index (χ2n) is 5.67. The Bertz CT molecular complexity index is 440. The number of rotatable bonds is 5. The molecule has 0 saturated heterocycles. The largest absolute Gasteiger partial charge is 0.388 e. The van der Waals surface area contributed by atoms with Gasteiger partial charge in [0.25, 0.3) is 5.91 Å². The van der Waals surface area contributed by atoms with Crippen molar-refractivity contribution in [1.29, 1.82) is 0 Å². The Balaban J connectivity index is 2.88. The highest BCUT2D eigenvalue weighted by molar-refractivity contribution is 5.96. The Labute approximate surface area is 117 Å². The molecule has 0 aliphatic heterocycles. The van der Waals surface area contributed by atoms with Crippen LogP contribution in [0, 0.1) is 12.8 Å². The number of nitrogens with zero attached hydrogens (tertiary/aromatic N) is 1. The Morgan fingerprint density at radius 2 is 1.95 bits per heavy atom. The van der Waals surface area contributed by atoms with Crippen molar-refractivity contribution in [2.24, 2.45) is 5.92 Å². The van der Waals surface area contributed by atoms with E-state index in [0.717, 1.165) is 23.2 Å². The van der Waals surface area contributed by atoms with E-state index in [-0.39, 0.29) is 11.9 Å². The van der Waals surface area contributed by atoms with Gasteiger partial charge in [0.1, 0.15) is 0 Å². The molecule has 1 amide bonds. The van der Waals surface area contributed by atoms with E-state index in [9.17, 15) is 4.79 Å². The maximum atomic E-state index is 12.5. The van der Waals surface area contributed by atoms with Crippen LogP contribution in [0.4, 0.5) is 5.69 Å². The van der Waals surface area contributed by atoms with Crippen LogP contribution in [0.3, 0.4) is 0 Å². The first-order valence-electron chi connectivity index (χ1n) is 6.92. The molecule has 0 aromatic heterocycles. The molecule has 19 heavy (non-hydrogen) atoms. The number of nitrogens with one attached hydrogen (secondary N) is 1. The monoisotopic (exact) mass is 262 g/mol. The average molecular weight is 262 g/mol. The Morgan fingerprint density at radius 1 is 1.32 bits per heavy atom. The van der Waals surface area contributed by atoms with Gasteiger partial charge in [-0.2, -0.15) is 0 Å². The highest BCUT2D eigenvalue weighted by atomic mass is 16.2. The van der Waals surface area contributed by atoms with E-state index in [1.165, 1.54) is 0 Å². The Hall–Kier alpha value is -1.51. The molecule has 1 atom stereocenters. The van der Waals surface area contributed by atoms with Crippen LogP contribution in [0.5, 0.6) is 0 Å². The second kappa shape index (κ2) is 6.60. The summed E-state index contributed by atoms with van der Waals surface area (Å²) in [6, 6.07) is 6.12. The molecule has 0 aliphatic carbocycles. The van der Waals surface area contributed by atoms with Gasteiger partial charge in [-0.25, -0.2) is 0 Å². The lowest BCUT2D eigenvalue weighted by Gasteiger charge is -2.27. The van der Waals surface area contributed by atoms with Crippen molar-refractivity contribution in [2.45, 2.75) is 40.2 Å². The zero-order valence-electron chi connectivity index (χ0n) is 12.9. The standard InChI is InChI=1S/C16H26N2O/c1-11(2)9-13(4)18(6)16(19)15-8-7-14(17-5)10-12(15)3/h7-8,10-11,13,17H,9H2,1-6H3. The molecule has 0 aliphatic rings. The van der Waals surface area contributed by atoms with Crippen molar-refractivity contribution >= 4 is 11.6 Å². The number of benzene rings is 1. The van der Waals surface area contributed by atoms with Gasteiger partial charge in [-0.05, 0) is 49.9 Å². The lowest BCUT2D eigenvalue weighted by molar-refractivity contribution is 0.0727. The summed E-state index contributed by atoms with van der Waals surface area (Å²) in [5.41, 5.74) is 2.84. The smallest absolute Gasteiger partial charge is 0.254 e. The first-order valence-corrected chi connectivity index (χ1v) is 6.92. The van der Waals surface area contributed by atoms with Gasteiger partial charge in [0.15, 0.2) is 0 Å². The van der Waals surface area contributed by atoms with Gasteiger partial charge >= 0.3 is 0 Å². The van der Waals surface area contributed by atoms with Crippen LogP contribution in [0.15, 0.2) is 18.2 Å². The van der Waals surface area contributed by atoms with Crippen molar-refractivity contribution in [3.05, 3.63) is 29.3 Å². The number of carbonyl (C=O) groups is 1. The molecule has 0 spiro atoms. The third-order valence-corrected chi connectivity index (χ3v) is 3.54. The average Bonchev–Trinajstić information content (AvgIpc) is 2.36. The predicted molar refractivity (Wildman–Crippen MR) is 81.7 cm³/mol. The molecular formula is C16H26N2O. The van der Waals surface area contributed by atoms with Crippen LogP contribution in [0.25, 0.3) is 0 Å². The van der Waals surface area contributed by atoms with Crippen LogP contribution in [-0.2, 0) is 0 Å². The number of anilines is 1. The number of amides is 1. The lowest BCUT2D eigenvalue weighted by atomic mass is 10.0. The molecule has 0 heterocycles. The van der Waals surface area contributed by atoms with Gasteiger partial charge in [-0.15, -0.1) is 0 Å². The van der Waals surface area contributed by atoms with E-state index >= 15 is 0 Å². The molecule has 1 aromatic rings. The molecule has 0 radical (unpaired) electrons. The maximum absolute atomic E-state index is 12.5. The third-order valence-electron chi connectivity index (χ3n) is 3.54. The van der Waals surface area contributed by atoms with E-state index < -0.39 is 0 Å². The summed E-state index contributed by atoms with van der Waals surface area (Å²) in [6.07, 6.45) is 1.02. The van der Waals surface area contributed by atoms with Crippen LogP contribution in [-0.4, -0.2) is 30.9 Å². The van der Waals surface area contributed by atoms with Gasteiger partial charge < -0.3 is 10.2 Å². The van der Waals surface area contributed by atoms with Gasteiger partial charge in [0, 0.05) is 31.4 Å². The van der Waals surface area contributed by atoms with E-state index in [0.29, 0.717) is 5.92 Å². The van der Waals surface area contributed by atoms with Crippen molar-refractivity contribution in [3.63, 3.8) is 0 Å². The van der Waals surface area contributed by atoms with Crippen LogP contribution < -0.4 is 5.32 Å². The number of hydrogen-bond donors (Lipinski definition) is 1. The summed E-state index contributed by atoms with van der Waals surface area (Å²) >= 11 is 0. The number of hydrogen-bond acceptors (Lipinski definition) is 2. The first kappa shape index (κ1) is 15.5. The van der Waals surface area contributed by atoms with Gasteiger partial charge in [-0.1, -0.05) is 13.8 Å². The van der Waals surface area contributed by atoms with Crippen LogP contribution >= 0.6 is 0 Å². The zero-order chi connectivity index (χ0) is 14.6. The minimum atomic E-state index is 0.105.